The molecule has 1 aromatic heterocycles. The molecule has 0 aliphatic carbocycles. The van der Waals surface area contributed by atoms with Gasteiger partial charge in [0.25, 0.3) is 5.56 Å². The molecular formula is C15H13FN2O3. The van der Waals surface area contributed by atoms with E-state index in [2.05, 4.69) is 11.8 Å². The van der Waals surface area contributed by atoms with Gasteiger partial charge in [-0.15, -0.1) is 0 Å². The molecule has 0 unspecified atom stereocenters. The van der Waals surface area contributed by atoms with Gasteiger partial charge in [0.05, 0.1) is 6.54 Å². The molecule has 1 N–H and O–H groups in total. The average molecular weight is 288 g/mol. The van der Waals surface area contributed by atoms with E-state index in [0.717, 1.165) is 4.57 Å². The molecule has 21 heavy (non-hydrogen) atoms. The molecule has 0 fully saturated rings. The molecule has 6 heteroatoms. The Balaban J connectivity index is 2.53. The summed E-state index contributed by atoms with van der Waals surface area (Å²) in [5, 5.41) is 8.73. The van der Waals surface area contributed by atoms with Gasteiger partial charge in [-0.3, -0.25) is 9.36 Å². The minimum absolute atomic E-state index is 0.0118. The zero-order valence-electron chi connectivity index (χ0n) is 11.3. The number of aliphatic hydroxyl groups is 1. The third-order valence-corrected chi connectivity index (χ3v) is 2.94. The summed E-state index contributed by atoms with van der Waals surface area (Å²) in [4.78, 5) is 23.8. The summed E-state index contributed by atoms with van der Waals surface area (Å²) in [6.45, 7) is -0.370. The third kappa shape index (κ3) is 3.27. The maximum Gasteiger partial charge on any atom is 0.331 e. The third-order valence-electron chi connectivity index (χ3n) is 2.94. The summed E-state index contributed by atoms with van der Waals surface area (Å²) in [6.07, 6.45) is 1.39. The van der Waals surface area contributed by atoms with Crippen molar-refractivity contribution in [2.45, 2.75) is 6.54 Å². The van der Waals surface area contributed by atoms with Gasteiger partial charge >= 0.3 is 5.69 Å². The van der Waals surface area contributed by atoms with Crippen LogP contribution in [0.15, 0.2) is 40.1 Å². The van der Waals surface area contributed by atoms with Crippen LogP contribution in [0, 0.1) is 17.7 Å². The Morgan fingerprint density at radius 2 is 2.05 bits per heavy atom. The maximum atomic E-state index is 13.3. The normalized spacial score (nSPS) is 10.0. The topological polar surface area (TPSA) is 64.2 Å². The number of aryl methyl sites for hydroxylation is 1. The van der Waals surface area contributed by atoms with Crippen molar-refractivity contribution in [3.63, 3.8) is 0 Å². The Morgan fingerprint density at radius 3 is 2.76 bits per heavy atom. The van der Waals surface area contributed by atoms with Gasteiger partial charge in [0.1, 0.15) is 12.4 Å². The first-order valence-electron chi connectivity index (χ1n) is 6.17. The van der Waals surface area contributed by atoms with Crippen LogP contribution in [-0.2, 0) is 13.6 Å². The molecule has 0 atom stereocenters. The van der Waals surface area contributed by atoms with Crippen LogP contribution >= 0.6 is 0 Å². The molecule has 2 rings (SSSR count). The molecule has 0 radical (unpaired) electrons. The van der Waals surface area contributed by atoms with Gasteiger partial charge in [0.15, 0.2) is 0 Å². The van der Waals surface area contributed by atoms with Crippen LogP contribution in [-0.4, -0.2) is 20.8 Å². The molecule has 0 amide bonds. The average Bonchev–Trinajstić information content (AvgIpc) is 2.47. The number of aliphatic hydroxyl groups excluding tert-OH is 1. The molecule has 0 bridgehead atoms. The smallest absolute Gasteiger partial charge is 0.331 e. The molecule has 0 aliphatic rings. The van der Waals surface area contributed by atoms with Crippen molar-refractivity contribution < 1.29 is 9.50 Å². The summed E-state index contributed by atoms with van der Waals surface area (Å²) in [6, 6.07) is 5.19. The van der Waals surface area contributed by atoms with Gasteiger partial charge in [-0.2, -0.15) is 0 Å². The lowest BCUT2D eigenvalue weighted by atomic mass is 10.1. The highest BCUT2D eigenvalue weighted by molar-refractivity contribution is 5.42. The zero-order chi connectivity index (χ0) is 15.4. The van der Waals surface area contributed by atoms with Crippen molar-refractivity contribution in [1.29, 1.82) is 0 Å². The van der Waals surface area contributed by atoms with Gasteiger partial charge < -0.3 is 9.67 Å². The maximum absolute atomic E-state index is 13.3. The molecule has 0 aliphatic heterocycles. The predicted molar refractivity (Wildman–Crippen MR) is 75.4 cm³/mol. The summed E-state index contributed by atoms with van der Waals surface area (Å²) in [5.41, 5.74) is -0.0407. The highest BCUT2D eigenvalue weighted by atomic mass is 19.1. The van der Waals surface area contributed by atoms with Crippen LogP contribution in [0.3, 0.4) is 0 Å². The van der Waals surface area contributed by atoms with E-state index in [1.807, 2.05) is 0 Å². The van der Waals surface area contributed by atoms with E-state index >= 15 is 0 Å². The summed E-state index contributed by atoms with van der Waals surface area (Å²) < 4.78 is 15.6. The van der Waals surface area contributed by atoms with E-state index in [4.69, 9.17) is 5.11 Å². The minimum Gasteiger partial charge on any atom is -0.384 e. The van der Waals surface area contributed by atoms with Crippen molar-refractivity contribution in [2.75, 3.05) is 6.61 Å². The zero-order valence-corrected chi connectivity index (χ0v) is 11.3. The number of aromatic nitrogens is 2. The lowest BCUT2D eigenvalue weighted by molar-refractivity contribution is 0.350. The Morgan fingerprint density at radius 1 is 1.29 bits per heavy atom. The highest BCUT2D eigenvalue weighted by Gasteiger charge is 2.08. The number of hydrogen-bond donors (Lipinski definition) is 1. The van der Waals surface area contributed by atoms with Gasteiger partial charge in [0, 0.05) is 24.9 Å². The first-order valence-corrected chi connectivity index (χ1v) is 6.17. The lowest BCUT2D eigenvalue weighted by Gasteiger charge is -2.08. The molecule has 5 nitrogen and oxygen atoms in total. The van der Waals surface area contributed by atoms with Crippen molar-refractivity contribution in [3.8, 4) is 11.8 Å². The Hall–Kier alpha value is -2.65. The number of nitrogens with zero attached hydrogens (tertiary/aromatic N) is 2. The van der Waals surface area contributed by atoms with Crippen LogP contribution in [0.5, 0.6) is 0 Å². The lowest BCUT2D eigenvalue weighted by Crippen LogP contribution is -2.38. The quantitative estimate of drug-likeness (QED) is 0.796. The van der Waals surface area contributed by atoms with E-state index in [0.29, 0.717) is 11.1 Å². The van der Waals surface area contributed by atoms with Crippen molar-refractivity contribution in [1.82, 2.24) is 9.13 Å². The SMILES string of the molecule is Cn1ccc(=O)n(Cc2ccc(F)cc2C#CCO)c1=O. The fraction of sp³-hybridized carbons (Fsp3) is 0.200. The molecular weight excluding hydrogens is 275 g/mol. The summed E-state index contributed by atoms with van der Waals surface area (Å²) >= 11 is 0. The van der Waals surface area contributed by atoms with E-state index in [1.165, 1.54) is 42.1 Å². The minimum atomic E-state index is -0.477. The van der Waals surface area contributed by atoms with E-state index in [9.17, 15) is 14.0 Å². The monoisotopic (exact) mass is 288 g/mol. The van der Waals surface area contributed by atoms with Gasteiger partial charge in [-0.1, -0.05) is 17.9 Å². The standard InChI is InChI=1S/C15H13FN2O3/c1-17-7-6-14(20)18(15(17)21)10-12-4-5-13(16)9-11(12)3-2-8-19/h4-7,9,19H,8,10H2,1H3. The largest absolute Gasteiger partial charge is 0.384 e. The predicted octanol–water partition coefficient (Wildman–Crippen LogP) is 0.0782. The van der Waals surface area contributed by atoms with Crippen LogP contribution in [0.2, 0.25) is 0 Å². The van der Waals surface area contributed by atoms with Gasteiger partial charge in [0.2, 0.25) is 0 Å². The van der Waals surface area contributed by atoms with E-state index < -0.39 is 17.1 Å². The molecule has 0 saturated heterocycles. The fourth-order valence-electron chi connectivity index (χ4n) is 1.87. The summed E-state index contributed by atoms with van der Waals surface area (Å²) in [5.74, 6) is 4.56. The first-order chi connectivity index (χ1) is 10.0. The van der Waals surface area contributed by atoms with Crippen molar-refractivity contribution >= 4 is 0 Å². The van der Waals surface area contributed by atoms with E-state index in [-0.39, 0.29) is 13.2 Å². The Kier molecular flexibility index (Phi) is 4.36. The fourth-order valence-corrected chi connectivity index (χ4v) is 1.87. The van der Waals surface area contributed by atoms with Gasteiger partial charge in [-0.25, -0.2) is 9.18 Å². The van der Waals surface area contributed by atoms with E-state index in [1.54, 1.807) is 0 Å². The second-order valence-electron chi connectivity index (χ2n) is 4.39. The van der Waals surface area contributed by atoms with Crippen LogP contribution in [0.25, 0.3) is 0 Å². The Labute approximate surface area is 119 Å². The van der Waals surface area contributed by atoms with Crippen molar-refractivity contribution in [2.24, 2.45) is 7.05 Å². The molecule has 0 spiro atoms. The number of rotatable bonds is 2. The molecule has 108 valence electrons. The summed E-state index contributed by atoms with van der Waals surface area (Å²) in [7, 11) is 1.54. The van der Waals surface area contributed by atoms with Crippen LogP contribution < -0.4 is 11.2 Å². The molecule has 1 aromatic carbocycles. The molecule has 2 aromatic rings. The second-order valence-corrected chi connectivity index (χ2v) is 4.39. The number of halogens is 1. The molecule has 0 saturated carbocycles. The first kappa shape index (κ1) is 14.8. The Bertz CT molecular complexity index is 840. The number of benzene rings is 1. The van der Waals surface area contributed by atoms with Crippen molar-refractivity contribution in [3.05, 3.63) is 68.2 Å². The van der Waals surface area contributed by atoms with Crippen LogP contribution in [0.4, 0.5) is 4.39 Å². The second kappa shape index (κ2) is 6.20. The highest BCUT2D eigenvalue weighted by Crippen LogP contribution is 2.11. The number of hydrogen-bond acceptors (Lipinski definition) is 3. The van der Waals surface area contributed by atoms with Crippen LogP contribution in [0.1, 0.15) is 11.1 Å². The van der Waals surface area contributed by atoms with Gasteiger partial charge in [-0.05, 0) is 17.7 Å². The molecule has 1 heterocycles.